The summed E-state index contributed by atoms with van der Waals surface area (Å²) in [7, 11) is 1.64. The lowest BCUT2D eigenvalue weighted by molar-refractivity contribution is -0.156. The largest absolute Gasteiger partial charge is 0.493 e. The first-order valence-corrected chi connectivity index (χ1v) is 7.09. The van der Waals surface area contributed by atoms with Gasteiger partial charge in [0.2, 0.25) is 0 Å². The van der Waals surface area contributed by atoms with E-state index < -0.39 is 0 Å². The Morgan fingerprint density at radius 3 is 2.42 bits per heavy atom. The average molecular weight is 260 g/mol. The highest BCUT2D eigenvalue weighted by Gasteiger charge is 2.56. The zero-order valence-electron chi connectivity index (χ0n) is 11.4. The Morgan fingerprint density at radius 2 is 1.79 bits per heavy atom. The maximum atomic E-state index is 12.1. The van der Waals surface area contributed by atoms with E-state index in [0.29, 0.717) is 12.2 Å². The molecule has 0 aliphatic heterocycles. The van der Waals surface area contributed by atoms with Crippen LogP contribution in [0.15, 0.2) is 24.3 Å². The molecule has 3 nitrogen and oxygen atoms in total. The summed E-state index contributed by atoms with van der Waals surface area (Å²) in [5.41, 5.74) is -0.195. The Labute approximate surface area is 113 Å². The van der Waals surface area contributed by atoms with Crippen LogP contribution < -0.4 is 9.47 Å². The fraction of sp³-hybridized carbons (Fsp3) is 0.562. The second-order valence-electron chi connectivity index (χ2n) is 5.60. The summed E-state index contributed by atoms with van der Waals surface area (Å²) in [5, 5.41) is 0. The molecule has 2 aliphatic carbocycles. The smallest absolute Gasteiger partial charge is 0.161 e. The number of methoxy groups -OCH3 is 1. The molecule has 2 aliphatic rings. The number of carbonyl (C=O) groups is 1. The number of hydrogen-bond acceptors (Lipinski definition) is 3. The van der Waals surface area contributed by atoms with E-state index in [9.17, 15) is 4.79 Å². The Bertz CT molecular complexity index is 475. The molecule has 3 heteroatoms. The number of ketones is 1. The monoisotopic (exact) mass is 260 g/mol. The van der Waals surface area contributed by atoms with Crippen molar-refractivity contribution in [2.75, 3.05) is 7.11 Å². The van der Waals surface area contributed by atoms with Crippen molar-refractivity contribution in [3.63, 3.8) is 0 Å². The molecule has 1 atom stereocenters. The third kappa shape index (κ3) is 2.01. The summed E-state index contributed by atoms with van der Waals surface area (Å²) in [5.74, 6) is 1.90. The first-order chi connectivity index (χ1) is 9.26. The fourth-order valence-electron chi connectivity index (χ4n) is 3.42. The molecule has 0 aromatic heterocycles. The normalized spacial score (nSPS) is 24.9. The Kier molecular flexibility index (Phi) is 3.21. The molecular formula is C16H20O3. The average Bonchev–Trinajstić information content (AvgIpc) is 2.48. The van der Waals surface area contributed by atoms with Gasteiger partial charge in [-0.25, -0.2) is 0 Å². The third-order valence-corrected chi connectivity index (χ3v) is 4.63. The minimum absolute atomic E-state index is 0.0385. The lowest BCUT2D eigenvalue weighted by Crippen LogP contribution is -2.57. The van der Waals surface area contributed by atoms with Gasteiger partial charge in [-0.2, -0.15) is 0 Å². The summed E-state index contributed by atoms with van der Waals surface area (Å²) in [6.07, 6.45) is 6.12. The summed E-state index contributed by atoms with van der Waals surface area (Å²) in [4.78, 5) is 12.1. The van der Waals surface area contributed by atoms with E-state index in [1.54, 1.807) is 7.11 Å². The minimum Gasteiger partial charge on any atom is -0.493 e. The van der Waals surface area contributed by atoms with Gasteiger partial charge in [-0.3, -0.25) is 4.79 Å². The third-order valence-electron chi connectivity index (χ3n) is 4.63. The number of ether oxygens (including phenoxy) is 2. The molecule has 19 heavy (non-hydrogen) atoms. The van der Waals surface area contributed by atoms with Gasteiger partial charge in [0.05, 0.1) is 12.5 Å². The number of Topliss-reactive ketones (excluding diaryl/α,β-unsaturated/α-hetero) is 1. The molecule has 1 aromatic carbocycles. The number of para-hydroxylation sites is 2. The van der Waals surface area contributed by atoms with Crippen molar-refractivity contribution < 1.29 is 14.3 Å². The first-order valence-electron chi connectivity index (χ1n) is 7.09. The molecule has 0 radical (unpaired) electrons. The van der Waals surface area contributed by atoms with Crippen molar-refractivity contribution in [3.8, 4) is 11.5 Å². The van der Waals surface area contributed by atoms with Crippen LogP contribution in [-0.4, -0.2) is 19.0 Å². The van der Waals surface area contributed by atoms with E-state index in [4.69, 9.17) is 9.47 Å². The van der Waals surface area contributed by atoms with Crippen LogP contribution >= 0.6 is 0 Å². The standard InChI is InChI=1S/C16H20O3/c1-18-12-7-3-4-8-13(12)19-15-11-14(17)16(15)9-5-2-6-10-16/h3-4,7-8,15H,2,5-6,9-11H2,1H3. The molecule has 1 unspecified atom stereocenters. The molecule has 102 valence electrons. The SMILES string of the molecule is COc1ccccc1OC1CC(=O)C12CCCCC2. The zero-order chi connectivity index (χ0) is 13.3. The fourth-order valence-corrected chi connectivity index (χ4v) is 3.42. The quantitative estimate of drug-likeness (QED) is 0.836. The highest BCUT2D eigenvalue weighted by molar-refractivity contribution is 5.92. The molecule has 3 rings (SSSR count). The molecular weight excluding hydrogens is 240 g/mol. The number of carbonyl (C=O) groups excluding carboxylic acids is 1. The van der Waals surface area contributed by atoms with Crippen molar-refractivity contribution in [1.29, 1.82) is 0 Å². The van der Waals surface area contributed by atoms with Gasteiger partial charge in [0.15, 0.2) is 11.5 Å². The predicted octanol–water partition coefficient (Wildman–Crippen LogP) is 3.37. The van der Waals surface area contributed by atoms with Gasteiger partial charge in [0.1, 0.15) is 11.9 Å². The van der Waals surface area contributed by atoms with E-state index >= 15 is 0 Å². The van der Waals surface area contributed by atoms with Crippen LogP contribution in [0.2, 0.25) is 0 Å². The second-order valence-corrected chi connectivity index (χ2v) is 5.60. The van der Waals surface area contributed by atoms with E-state index in [1.165, 1.54) is 6.42 Å². The number of hydrogen-bond donors (Lipinski definition) is 0. The van der Waals surface area contributed by atoms with E-state index in [2.05, 4.69) is 0 Å². The lowest BCUT2D eigenvalue weighted by Gasteiger charge is -2.49. The van der Waals surface area contributed by atoms with Crippen LogP contribution in [0, 0.1) is 5.41 Å². The van der Waals surface area contributed by atoms with E-state index in [-0.39, 0.29) is 11.5 Å². The highest BCUT2D eigenvalue weighted by atomic mass is 16.5. The van der Waals surface area contributed by atoms with Crippen LogP contribution in [-0.2, 0) is 4.79 Å². The van der Waals surface area contributed by atoms with Gasteiger partial charge in [-0.05, 0) is 25.0 Å². The molecule has 0 bridgehead atoms. The second kappa shape index (κ2) is 4.87. The molecule has 2 fully saturated rings. The lowest BCUT2D eigenvalue weighted by atomic mass is 9.57. The predicted molar refractivity (Wildman–Crippen MR) is 72.6 cm³/mol. The van der Waals surface area contributed by atoms with Crippen LogP contribution in [0.5, 0.6) is 11.5 Å². The maximum absolute atomic E-state index is 12.1. The molecule has 0 saturated heterocycles. The van der Waals surface area contributed by atoms with Crippen LogP contribution in [0.25, 0.3) is 0 Å². The van der Waals surface area contributed by atoms with Crippen molar-refractivity contribution in [1.82, 2.24) is 0 Å². The van der Waals surface area contributed by atoms with Gasteiger partial charge < -0.3 is 9.47 Å². The van der Waals surface area contributed by atoms with Gasteiger partial charge in [-0.1, -0.05) is 31.4 Å². The van der Waals surface area contributed by atoms with Crippen LogP contribution in [0.1, 0.15) is 38.5 Å². The topological polar surface area (TPSA) is 35.5 Å². The minimum atomic E-state index is -0.195. The maximum Gasteiger partial charge on any atom is 0.161 e. The van der Waals surface area contributed by atoms with E-state index in [1.807, 2.05) is 24.3 Å². The highest BCUT2D eigenvalue weighted by Crippen LogP contribution is 2.51. The van der Waals surface area contributed by atoms with Crippen molar-refractivity contribution in [3.05, 3.63) is 24.3 Å². The molecule has 1 spiro atoms. The Morgan fingerprint density at radius 1 is 1.11 bits per heavy atom. The summed E-state index contributed by atoms with van der Waals surface area (Å²) < 4.78 is 11.4. The van der Waals surface area contributed by atoms with Crippen LogP contribution in [0.3, 0.4) is 0 Å². The van der Waals surface area contributed by atoms with Gasteiger partial charge in [0, 0.05) is 6.42 Å². The number of rotatable bonds is 3. The summed E-state index contributed by atoms with van der Waals surface area (Å²) in [6, 6.07) is 7.67. The van der Waals surface area contributed by atoms with Crippen molar-refractivity contribution >= 4 is 5.78 Å². The first kappa shape index (κ1) is 12.5. The molecule has 0 N–H and O–H groups in total. The molecule has 0 amide bonds. The Hall–Kier alpha value is -1.51. The summed E-state index contributed by atoms with van der Waals surface area (Å²) in [6.45, 7) is 0. The molecule has 1 aromatic rings. The van der Waals surface area contributed by atoms with Crippen molar-refractivity contribution in [2.24, 2.45) is 5.41 Å². The number of benzene rings is 1. The van der Waals surface area contributed by atoms with E-state index in [0.717, 1.165) is 37.2 Å². The van der Waals surface area contributed by atoms with Crippen LogP contribution in [0.4, 0.5) is 0 Å². The summed E-state index contributed by atoms with van der Waals surface area (Å²) >= 11 is 0. The van der Waals surface area contributed by atoms with Crippen molar-refractivity contribution in [2.45, 2.75) is 44.6 Å². The molecule has 0 heterocycles. The van der Waals surface area contributed by atoms with Gasteiger partial charge in [0.25, 0.3) is 0 Å². The van der Waals surface area contributed by atoms with Gasteiger partial charge >= 0.3 is 0 Å². The molecule has 2 saturated carbocycles. The Balaban J connectivity index is 1.78. The zero-order valence-corrected chi connectivity index (χ0v) is 11.4. The van der Waals surface area contributed by atoms with Gasteiger partial charge in [-0.15, -0.1) is 0 Å².